The molecule has 1 fully saturated rings. The zero-order valence-corrected chi connectivity index (χ0v) is 19.1. The highest BCUT2D eigenvalue weighted by molar-refractivity contribution is 6.34. The summed E-state index contributed by atoms with van der Waals surface area (Å²) >= 11 is 6.69. The number of nitrogens with one attached hydrogen (secondary N) is 1. The van der Waals surface area contributed by atoms with Gasteiger partial charge in [-0.05, 0) is 50.1 Å². The van der Waals surface area contributed by atoms with Crippen molar-refractivity contribution in [3.63, 3.8) is 0 Å². The van der Waals surface area contributed by atoms with Crippen LogP contribution in [0.4, 0.5) is 24.5 Å². The zero-order chi connectivity index (χ0) is 24.5. The molecule has 0 bridgehead atoms. The maximum Gasteiger partial charge on any atom is 0.573 e. The zero-order valence-electron chi connectivity index (χ0n) is 18.4. The van der Waals surface area contributed by atoms with E-state index in [1.807, 2.05) is 0 Å². The summed E-state index contributed by atoms with van der Waals surface area (Å²) in [6.07, 6.45) is -3.27. The molecule has 0 unspecified atom stereocenters. The normalized spacial score (nSPS) is 21.9. The molecular weight excluding hydrogens is 473 g/mol. The maximum absolute atomic E-state index is 13.1. The van der Waals surface area contributed by atoms with Crippen molar-refractivity contribution in [3.8, 4) is 5.75 Å². The number of hydrogen-bond donors (Lipinski definition) is 2. The number of rotatable bonds is 5. The Morgan fingerprint density at radius 3 is 2.50 bits per heavy atom. The first kappa shape index (κ1) is 24.2. The molecule has 0 saturated carbocycles. The number of carbonyl (C=O) groups is 1. The molecule has 7 nitrogen and oxygen atoms in total. The van der Waals surface area contributed by atoms with Crippen LogP contribution in [0.2, 0.25) is 5.02 Å². The molecule has 3 N–H and O–H groups in total. The highest BCUT2D eigenvalue weighted by Crippen LogP contribution is 2.41. The summed E-state index contributed by atoms with van der Waals surface area (Å²) in [6, 6.07) is 10.5. The third kappa shape index (κ3) is 5.23. The quantitative estimate of drug-likeness (QED) is 0.613. The smallest absolute Gasteiger partial charge is 0.406 e. The Hall–Kier alpha value is -2.98. The molecule has 2 aromatic rings. The molecule has 4 rings (SSSR count). The van der Waals surface area contributed by atoms with E-state index in [-0.39, 0.29) is 30.1 Å². The maximum atomic E-state index is 13.1. The fourth-order valence-electron chi connectivity index (χ4n) is 4.28. The minimum Gasteiger partial charge on any atom is -0.406 e. The van der Waals surface area contributed by atoms with Crippen molar-refractivity contribution in [1.29, 1.82) is 0 Å². The van der Waals surface area contributed by atoms with Gasteiger partial charge in [-0.25, -0.2) is 4.99 Å². The fraction of sp³-hybridized carbons (Fsp3) is 0.391. The Bertz CT molecular complexity index is 1090. The minimum absolute atomic E-state index is 0.0395. The lowest BCUT2D eigenvalue weighted by molar-refractivity contribution is -0.274. The first-order valence-electron chi connectivity index (χ1n) is 10.7. The van der Waals surface area contributed by atoms with Crippen LogP contribution in [0.25, 0.3) is 0 Å². The third-order valence-electron chi connectivity index (χ3n) is 5.87. The number of nitrogens with two attached hydrogens (primary N) is 1. The molecule has 11 heteroatoms. The monoisotopic (exact) mass is 496 g/mol. The van der Waals surface area contributed by atoms with E-state index in [9.17, 15) is 18.0 Å². The molecule has 2 aliphatic rings. The molecule has 0 spiro atoms. The van der Waals surface area contributed by atoms with E-state index in [1.165, 1.54) is 24.3 Å². The first-order valence-corrected chi connectivity index (χ1v) is 11.1. The summed E-state index contributed by atoms with van der Waals surface area (Å²) in [4.78, 5) is 19.3. The number of anilines is 2. The highest BCUT2D eigenvalue weighted by Gasteiger charge is 2.41. The van der Waals surface area contributed by atoms with Gasteiger partial charge in [-0.2, -0.15) is 0 Å². The largest absolute Gasteiger partial charge is 0.573 e. The molecule has 0 radical (unpaired) electrons. The summed E-state index contributed by atoms with van der Waals surface area (Å²) in [5.74, 6) is -0.304. The average molecular weight is 497 g/mol. The van der Waals surface area contributed by atoms with Crippen molar-refractivity contribution < 1.29 is 27.4 Å². The standard InChI is InChI=1S/C23H24ClF3N4O3/c1-22(13-19(32)31(21(28)30-22)15-9-11-33-12-10-15)17-3-2-4-18(20(17)24)29-14-5-7-16(8-6-14)34-23(25,26)27/h2-8,15,29H,9-13H2,1H3,(H2,28,30)/t22-/m0/s1. The lowest BCUT2D eigenvalue weighted by Gasteiger charge is -2.40. The van der Waals surface area contributed by atoms with Gasteiger partial charge >= 0.3 is 6.36 Å². The summed E-state index contributed by atoms with van der Waals surface area (Å²) < 4.78 is 46.4. The molecule has 0 aliphatic carbocycles. The number of hydrogen-bond acceptors (Lipinski definition) is 6. The fourth-order valence-corrected chi connectivity index (χ4v) is 4.66. The summed E-state index contributed by atoms with van der Waals surface area (Å²) in [7, 11) is 0. The number of nitrogens with zero attached hydrogens (tertiary/aromatic N) is 2. The molecule has 1 atom stereocenters. The summed E-state index contributed by atoms with van der Waals surface area (Å²) in [5.41, 5.74) is 6.91. The third-order valence-corrected chi connectivity index (χ3v) is 6.28. The van der Waals surface area contributed by atoms with E-state index in [0.717, 1.165) is 0 Å². The molecular formula is C23H24ClF3N4O3. The second kappa shape index (κ2) is 9.34. The summed E-state index contributed by atoms with van der Waals surface area (Å²) in [6.45, 7) is 2.94. The van der Waals surface area contributed by atoms with E-state index in [0.29, 0.717) is 48.0 Å². The predicted octanol–water partition coefficient (Wildman–Crippen LogP) is 4.92. The van der Waals surface area contributed by atoms with E-state index in [2.05, 4.69) is 15.0 Å². The topological polar surface area (TPSA) is 89.2 Å². The van der Waals surface area contributed by atoms with Gasteiger partial charge in [-0.3, -0.25) is 9.69 Å². The molecule has 1 amide bonds. The van der Waals surface area contributed by atoms with Crippen LogP contribution in [0, 0.1) is 0 Å². The van der Waals surface area contributed by atoms with Gasteiger partial charge in [-0.15, -0.1) is 13.2 Å². The number of alkyl halides is 3. The van der Waals surface area contributed by atoms with Gasteiger partial charge in [0.25, 0.3) is 0 Å². The average Bonchev–Trinajstić information content (AvgIpc) is 2.75. The van der Waals surface area contributed by atoms with Crippen LogP contribution in [0.15, 0.2) is 47.5 Å². The van der Waals surface area contributed by atoms with Crippen molar-refractivity contribution in [2.75, 3.05) is 18.5 Å². The van der Waals surface area contributed by atoms with E-state index in [4.69, 9.17) is 22.1 Å². The van der Waals surface area contributed by atoms with Gasteiger partial charge in [0.05, 0.1) is 22.7 Å². The Morgan fingerprint density at radius 1 is 1.21 bits per heavy atom. The second-order valence-corrected chi connectivity index (χ2v) is 8.77. The lowest BCUT2D eigenvalue weighted by Crippen LogP contribution is -2.55. The van der Waals surface area contributed by atoms with Crippen LogP contribution in [0.5, 0.6) is 5.75 Å². The van der Waals surface area contributed by atoms with Gasteiger partial charge in [0.2, 0.25) is 5.91 Å². The molecule has 2 aromatic carbocycles. The van der Waals surface area contributed by atoms with E-state index in [1.54, 1.807) is 30.0 Å². The van der Waals surface area contributed by atoms with Crippen LogP contribution in [0.3, 0.4) is 0 Å². The number of guanidine groups is 1. The number of carbonyl (C=O) groups excluding carboxylic acids is 1. The van der Waals surface area contributed by atoms with Gasteiger partial charge in [0.1, 0.15) is 5.75 Å². The first-order chi connectivity index (χ1) is 16.1. The van der Waals surface area contributed by atoms with Crippen LogP contribution in [0.1, 0.15) is 31.7 Å². The Balaban J connectivity index is 1.56. The van der Waals surface area contributed by atoms with Crippen molar-refractivity contribution in [2.24, 2.45) is 10.7 Å². The van der Waals surface area contributed by atoms with Crippen molar-refractivity contribution in [3.05, 3.63) is 53.1 Å². The Morgan fingerprint density at radius 2 is 1.88 bits per heavy atom. The van der Waals surface area contributed by atoms with Crippen molar-refractivity contribution in [1.82, 2.24) is 4.90 Å². The molecule has 2 heterocycles. The van der Waals surface area contributed by atoms with Crippen LogP contribution >= 0.6 is 11.6 Å². The van der Waals surface area contributed by atoms with Crippen molar-refractivity contribution in [2.45, 2.75) is 44.1 Å². The van der Waals surface area contributed by atoms with Gasteiger partial charge in [0, 0.05) is 30.5 Å². The van der Waals surface area contributed by atoms with Crippen LogP contribution in [-0.4, -0.2) is 42.4 Å². The van der Waals surface area contributed by atoms with Crippen LogP contribution in [-0.2, 0) is 15.1 Å². The summed E-state index contributed by atoms with van der Waals surface area (Å²) in [5, 5.41) is 3.42. The van der Waals surface area contributed by atoms with E-state index >= 15 is 0 Å². The Labute approximate surface area is 199 Å². The molecule has 34 heavy (non-hydrogen) atoms. The molecule has 182 valence electrons. The molecule has 2 aliphatic heterocycles. The van der Waals surface area contributed by atoms with Gasteiger partial charge in [0.15, 0.2) is 5.96 Å². The lowest BCUT2D eigenvalue weighted by atomic mass is 9.86. The Kier molecular flexibility index (Phi) is 6.64. The highest BCUT2D eigenvalue weighted by atomic mass is 35.5. The van der Waals surface area contributed by atoms with Crippen molar-refractivity contribution >= 4 is 34.8 Å². The van der Waals surface area contributed by atoms with E-state index < -0.39 is 11.9 Å². The number of aliphatic imine (C=N–C) groups is 1. The number of halogens is 4. The van der Waals surface area contributed by atoms with Gasteiger partial charge < -0.3 is 20.5 Å². The van der Waals surface area contributed by atoms with Crippen LogP contribution < -0.4 is 15.8 Å². The number of ether oxygens (including phenoxy) is 2. The number of amides is 1. The predicted molar refractivity (Wildman–Crippen MR) is 122 cm³/mol. The molecule has 0 aromatic heterocycles. The SMILES string of the molecule is C[C@@]1(c2cccc(Nc3ccc(OC(F)(F)F)cc3)c2Cl)CC(=O)N(C2CCOCC2)C(N)=N1. The molecule has 1 saturated heterocycles. The minimum atomic E-state index is -4.76. The van der Waals surface area contributed by atoms with Gasteiger partial charge in [-0.1, -0.05) is 23.7 Å². The second-order valence-electron chi connectivity index (χ2n) is 8.39. The number of benzene rings is 2.